The number of phosphoric acid groups is 1. The number of carbonyl (C=O) groups excluding carboxylic acids is 1. The lowest BCUT2D eigenvalue weighted by Gasteiger charge is -2.41. The number of carbonyl (C=O) groups is 1. The van der Waals surface area contributed by atoms with E-state index in [9.17, 15) is 39.8 Å². The minimum absolute atomic E-state index is 0.126. The molecule has 0 radical (unpaired) electrons. The number of hydrogen-bond acceptors (Lipinski definition) is 12. The van der Waals surface area contributed by atoms with Crippen molar-refractivity contribution in [3.05, 3.63) is 82.9 Å². The van der Waals surface area contributed by atoms with Crippen molar-refractivity contribution >= 4 is 13.8 Å². The predicted octanol–water partition coefficient (Wildman–Crippen LogP) is 2.90. The molecule has 246 valence electrons. The summed E-state index contributed by atoms with van der Waals surface area (Å²) in [5.41, 5.74) is 0.470. The third-order valence-electron chi connectivity index (χ3n) is 8.47. The van der Waals surface area contributed by atoms with Crippen LogP contribution in [0.5, 0.6) is 23.0 Å². The number of esters is 1. The predicted molar refractivity (Wildman–Crippen MR) is 160 cm³/mol. The van der Waals surface area contributed by atoms with Gasteiger partial charge in [-0.3, -0.25) is 9.42 Å². The number of benzene rings is 3. The van der Waals surface area contributed by atoms with E-state index in [2.05, 4.69) is 6.92 Å². The van der Waals surface area contributed by atoms with Gasteiger partial charge in [0.1, 0.15) is 59.6 Å². The molecule has 0 amide bonds. The Morgan fingerprint density at radius 2 is 1.39 bits per heavy atom. The number of hydrogen-bond donors (Lipinski definition) is 6. The molecule has 4 unspecified atom stereocenters. The molecule has 1 saturated carbocycles. The molecule has 13 nitrogen and oxygen atoms in total. The van der Waals surface area contributed by atoms with Crippen LogP contribution < -0.4 is 14.0 Å². The molecule has 0 saturated heterocycles. The molecule has 0 bridgehead atoms. The zero-order valence-corrected chi connectivity index (χ0v) is 25.7. The van der Waals surface area contributed by atoms with Crippen LogP contribution in [0.25, 0.3) is 0 Å². The highest BCUT2D eigenvalue weighted by molar-refractivity contribution is 7.47. The molecule has 14 heteroatoms. The fourth-order valence-electron chi connectivity index (χ4n) is 6.13. The van der Waals surface area contributed by atoms with Crippen LogP contribution in [0.3, 0.4) is 0 Å². The summed E-state index contributed by atoms with van der Waals surface area (Å²) in [7, 11) is -5.14. The first-order chi connectivity index (χ1) is 22.0. The van der Waals surface area contributed by atoms with E-state index in [0.717, 1.165) is 25.7 Å². The Hall–Kier alpha value is -3.52. The standard InChI is InChI=1S/C32H35O13P/c1-2-3-4-7-14-41-17-10-12-21-23(15-17)42-24-16-18(11-13-22(24)32(21)20-9-6-5-8-19(20)31(38)43-32)44-46(39,40)45-30-28(36)26(34)25(33)27(35)29(30)37/h5-6,8-13,15-16,25-30,33-37H,2-4,7,14H2,1H3,(H,39,40)/t25?,26-,27+,28-,29-,30?,32?/m1/s1. The molecule has 46 heavy (non-hydrogen) atoms. The Morgan fingerprint density at radius 3 is 2.07 bits per heavy atom. The Labute approximate surface area is 264 Å². The lowest BCUT2D eigenvalue weighted by Crippen LogP contribution is -2.64. The van der Waals surface area contributed by atoms with Crippen molar-refractivity contribution in [3.8, 4) is 23.0 Å². The Balaban J connectivity index is 1.32. The third-order valence-corrected chi connectivity index (χ3v) is 9.42. The van der Waals surface area contributed by atoms with E-state index in [1.807, 2.05) is 0 Å². The average Bonchev–Trinajstić information content (AvgIpc) is 3.33. The smallest absolute Gasteiger partial charge is 0.493 e. The van der Waals surface area contributed by atoms with Crippen molar-refractivity contribution in [2.24, 2.45) is 0 Å². The number of unbranched alkanes of at least 4 members (excludes halogenated alkanes) is 3. The quantitative estimate of drug-likeness (QED) is 0.106. The van der Waals surface area contributed by atoms with Crippen LogP contribution in [0.15, 0.2) is 60.7 Å². The highest BCUT2D eigenvalue weighted by Crippen LogP contribution is 2.58. The molecule has 1 aliphatic carbocycles. The van der Waals surface area contributed by atoms with E-state index in [4.69, 9.17) is 23.3 Å². The van der Waals surface area contributed by atoms with Crippen LogP contribution in [0.4, 0.5) is 0 Å². The molecule has 2 aliphatic heterocycles. The summed E-state index contributed by atoms with van der Waals surface area (Å²) in [6, 6.07) is 16.3. The Bertz CT molecular complexity index is 1650. The molecule has 1 spiro atoms. The lowest BCUT2D eigenvalue weighted by atomic mass is 9.77. The van der Waals surface area contributed by atoms with Gasteiger partial charge in [-0.2, -0.15) is 0 Å². The Morgan fingerprint density at radius 1 is 0.783 bits per heavy atom. The van der Waals surface area contributed by atoms with Crippen LogP contribution in [0, 0.1) is 0 Å². The van der Waals surface area contributed by atoms with Crippen molar-refractivity contribution in [2.75, 3.05) is 6.61 Å². The number of phosphoric ester groups is 1. The van der Waals surface area contributed by atoms with Gasteiger partial charge in [0, 0.05) is 28.8 Å². The monoisotopic (exact) mass is 658 g/mol. The largest absolute Gasteiger partial charge is 0.527 e. The summed E-state index contributed by atoms with van der Waals surface area (Å²) in [6.45, 7) is 2.62. The minimum atomic E-state index is -5.14. The van der Waals surface area contributed by atoms with Crippen LogP contribution in [0.2, 0.25) is 0 Å². The second-order valence-electron chi connectivity index (χ2n) is 11.5. The maximum atomic E-state index is 13.1. The molecule has 6 N–H and O–H groups in total. The van der Waals surface area contributed by atoms with Gasteiger partial charge in [0.15, 0.2) is 5.60 Å². The number of aliphatic hydroxyl groups excluding tert-OH is 5. The van der Waals surface area contributed by atoms with E-state index >= 15 is 0 Å². The van der Waals surface area contributed by atoms with E-state index in [1.165, 1.54) is 18.2 Å². The van der Waals surface area contributed by atoms with Gasteiger partial charge in [0.25, 0.3) is 0 Å². The van der Waals surface area contributed by atoms with Gasteiger partial charge >= 0.3 is 13.8 Å². The van der Waals surface area contributed by atoms with Crippen LogP contribution in [-0.4, -0.2) is 79.6 Å². The SMILES string of the molecule is CCCCCCOc1ccc2c(c1)Oc1cc(OP(=O)(O)OC3[C@H](O)[C@H](O)C(O)[C@H](O)[C@H]3O)ccc1C21OC(=O)c2ccccc21. The van der Waals surface area contributed by atoms with Crippen molar-refractivity contribution in [1.29, 1.82) is 0 Å². The first-order valence-corrected chi connectivity index (χ1v) is 16.5. The molecule has 1 fully saturated rings. The first-order valence-electron chi connectivity index (χ1n) is 15.0. The normalized spacial score (nSPS) is 29.2. The maximum Gasteiger partial charge on any atom is 0.527 e. The summed E-state index contributed by atoms with van der Waals surface area (Å²) in [5, 5.41) is 50.2. The highest BCUT2D eigenvalue weighted by Gasteiger charge is 2.54. The minimum Gasteiger partial charge on any atom is -0.493 e. The van der Waals surface area contributed by atoms with Crippen molar-refractivity contribution in [3.63, 3.8) is 0 Å². The van der Waals surface area contributed by atoms with Crippen molar-refractivity contribution in [1.82, 2.24) is 0 Å². The molecule has 3 aromatic carbocycles. The van der Waals surface area contributed by atoms with Gasteiger partial charge < -0.3 is 44.3 Å². The molecular formula is C32H35O13P. The topological polar surface area (TPSA) is 202 Å². The van der Waals surface area contributed by atoms with Gasteiger partial charge in [0.05, 0.1) is 12.2 Å². The second-order valence-corrected chi connectivity index (χ2v) is 12.9. The zero-order valence-electron chi connectivity index (χ0n) is 24.8. The van der Waals surface area contributed by atoms with E-state index in [0.29, 0.717) is 40.4 Å². The average molecular weight is 659 g/mol. The molecule has 6 rings (SSSR count). The molecule has 3 aliphatic rings. The fourth-order valence-corrected chi connectivity index (χ4v) is 7.11. The second kappa shape index (κ2) is 12.6. The summed E-state index contributed by atoms with van der Waals surface area (Å²) < 4.78 is 41.5. The molecule has 8 atom stereocenters. The number of aliphatic hydroxyl groups is 5. The van der Waals surface area contributed by atoms with Gasteiger partial charge in [-0.1, -0.05) is 44.4 Å². The van der Waals surface area contributed by atoms with E-state index in [-0.39, 0.29) is 11.5 Å². The number of fused-ring (bicyclic) bond motifs is 6. The van der Waals surface area contributed by atoms with E-state index in [1.54, 1.807) is 42.5 Å². The molecule has 2 heterocycles. The number of ether oxygens (including phenoxy) is 3. The van der Waals surface area contributed by atoms with Gasteiger partial charge in [0.2, 0.25) is 0 Å². The molecule has 0 aromatic heterocycles. The zero-order chi connectivity index (χ0) is 32.8. The Kier molecular flexibility index (Phi) is 8.87. The first kappa shape index (κ1) is 32.4. The van der Waals surface area contributed by atoms with Crippen LogP contribution in [-0.2, 0) is 19.4 Å². The summed E-state index contributed by atoms with van der Waals surface area (Å²) in [6.07, 6.45) is -7.79. The summed E-state index contributed by atoms with van der Waals surface area (Å²) in [4.78, 5) is 23.7. The lowest BCUT2D eigenvalue weighted by molar-refractivity contribution is -0.219. The summed E-state index contributed by atoms with van der Waals surface area (Å²) >= 11 is 0. The van der Waals surface area contributed by atoms with Crippen molar-refractivity contribution < 1.29 is 63.0 Å². The molecule has 3 aromatic rings. The molecular weight excluding hydrogens is 623 g/mol. The number of rotatable bonds is 10. The van der Waals surface area contributed by atoms with Gasteiger partial charge in [-0.05, 0) is 36.8 Å². The van der Waals surface area contributed by atoms with Crippen molar-refractivity contribution in [2.45, 2.75) is 74.8 Å². The van der Waals surface area contributed by atoms with Crippen LogP contribution in [0.1, 0.15) is 59.7 Å². The fraction of sp³-hybridized carbons (Fsp3) is 0.406. The third kappa shape index (κ3) is 5.67. The highest BCUT2D eigenvalue weighted by atomic mass is 31.2. The van der Waals surface area contributed by atoms with Gasteiger partial charge in [-0.25, -0.2) is 9.36 Å². The van der Waals surface area contributed by atoms with Gasteiger partial charge in [-0.15, -0.1) is 0 Å². The maximum absolute atomic E-state index is 13.1. The summed E-state index contributed by atoms with van der Waals surface area (Å²) in [5.74, 6) is 0.203. The van der Waals surface area contributed by atoms with Crippen LogP contribution >= 0.6 is 7.82 Å². The van der Waals surface area contributed by atoms with E-state index < -0.39 is 56.0 Å².